The van der Waals surface area contributed by atoms with Crippen LogP contribution in [-0.2, 0) is 19.1 Å². The van der Waals surface area contributed by atoms with Gasteiger partial charge in [0.15, 0.2) is 0 Å². The fourth-order valence-corrected chi connectivity index (χ4v) is 2.47. The second-order valence-corrected chi connectivity index (χ2v) is 5.23. The number of carbonyl (C=O) groups is 1. The van der Waals surface area contributed by atoms with Gasteiger partial charge in [-0.1, -0.05) is 13.8 Å². The van der Waals surface area contributed by atoms with Crippen molar-refractivity contribution >= 4 is 5.78 Å². The summed E-state index contributed by atoms with van der Waals surface area (Å²) in [6.45, 7) is 7.07. The maximum atomic E-state index is 12.0. The summed E-state index contributed by atoms with van der Waals surface area (Å²) in [5.74, 6) is -0.0730. The molecular formula is C13H25NO6. The van der Waals surface area contributed by atoms with Crippen LogP contribution >= 0.6 is 0 Å². The number of ketones is 1. The summed E-state index contributed by atoms with van der Waals surface area (Å²) < 4.78 is 10.8. The third kappa shape index (κ3) is 5.43. The number of nitrogens with zero attached hydrogens (tertiary/aromatic N) is 1. The lowest BCUT2D eigenvalue weighted by Gasteiger charge is -2.20. The van der Waals surface area contributed by atoms with Gasteiger partial charge in [-0.2, -0.15) is 0 Å². The Morgan fingerprint density at radius 2 is 1.90 bits per heavy atom. The third-order valence-electron chi connectivity index (χ3n) is 3.41. The number of Topliss-reactive ketones (excluding diaryl/α,β-unsaturated/α-hetero) is 1. The van der Waals surface area contributed by atoms with Crippen LogP contribution in [0.3, 0.4) is 0 Å². The van der Waals surface area contributed by atoms with Gasteiger partial charge >= 0.3 is 0 Å². The van der Waals surface area contributed by atoms with E-state index in [0.29, 0.717) is 32.7 Å². The van der Waals surface area contributed by atoms with Crippen LogP contribution in [0.2, 0.25) is 0 Å². The fourth-order valence-electron chi connectivity index (χ4n) is 2.47. The Bertz CT molecular complexity index is 297. The molecule has 1 fully saturated rings. The largest absolute Gasteiger partial charge is 0.379 e. The predicted octanol–water partition coefficient (Wildman–Crippen LogP) is 1.42. The van der Waals surface area contributed by atoms with Gasteiger partial charge in [-0.25, -0.2) is 4.84 Å². The molecule has 1 aliphatic rings. The minimum atomic E-state index is -0.542. The van der Waals surface area contributed by atoms with Crippen LogP contribution < -0.4 is 0 Å². The Morgan fingerprint density at radius 1 is 1.25 bits per heavy atom. The summed E-state index contributed by atoms with van der Waals surface area (Å²) in [4.78, 5) is 16.9. The summed E-state index contributed by atoms with van der Waals surface area (Å²) in [5.41, 5.74) is 0. The Morgan fingerprint density at radius 3 is 2.45 bits per heavy atom. The van der Waals surface area contributed by atoms with Crippen LogP contribution in [0.15, 0.2) is 0 Å². The molecule has 3 atom stereocenters. The average Bonchev–Trinajstić information content (AvgIpc) is 2.76. The molecule has 0 spiro atoms. The monoisotopic (exact) mass is 291 g/mol. The van der Waals surface area contributed by atoms with E-state index in [0.717, 1.165) is 0 Å². The molecule has 0 amide bonds. The molecule has 0 aromatic heterocycles. The van der Waals surface area contributed by atoms with Crippen LogP contribution in [0.4, 0.5) is 0 Å². The highest BCUT2D eigenvalue weighted by atomic mass is 17.1. The van der Waals surface area contributed by atoms with E-state index in [-0.39, 0.29) is 29.1 Å². The number of hydrogen-bond donors (Lipinski definition) is 2. The molecule has 7 heteroatoms. The van der Waals surface area contributed by atoms with Gasteiger partial charge in [0, 0.05) is 18.4 Å². The van der Waals surface area contributed by atoms with Crippen molar-refractivity contribution in [3.05, 3.63) is 0 Å². The Hall–Kier alpha value is -0.570. The van der Waals surface area contributed by atoms with Crippen LogP contribution in [0, 0.1) is 11.8 Å². The van der Waals surface area contributed by atoms with E-state index in [4.69, 9.17) is 24.7 Å². The molecule has 0 saturated heterocycles. The first-order chi connectivity index (χ1) is 9.45. The number of ether oxygens (including phenoxy) is 2. The van der Waals surface area contributed by atoms with Crippen LogP contribution in [0.5, 0.6) is 0 Å². The van der Waals surface area contributed by atoms with E-state index in [1.54, 1.807) is 0 Å². The van der Waals surface area contributed by atoms with Gasteiger partial charge < -0.3 is 9.47 Å². The molecule has 0 aromatic rings. The van der Waals surface area contributed by atoms with E-state index >= 15 is 0 Å². The van der Waals surface area contributed by atoms with Crippen molar-refractivity contribution in [3.63, 3.8) is 0 Å². The van der Waals surface area contributed by atoms with Gasteiger partial charge in [0.1, 0.15) is 11.9 Å². The first-order valence-electron chi connectivity index (χ1n) is 7.03. The zero-order valence-corrected chi connectivity index (χ0v) is 12.3. The number of carbonyl (C=O) groups excluding carboxylic acids is 1. The van der Waals surface area contributed by atoms with Crippen molar-refractivity contribution in [2.24, 2.45) is 11.8 Å². The third-order valence-corrected chi connectivity index (χ3v) is 3.41. The van der Waals surface area contributed by atoms with Crippen LogP contribution in [0.25, 0.3) is 0 Å². The maximum Gasteiger partial charge on any atom is 0.138 e. The van der Waals surface area contributed by atoms with E-state index in [2.05, 4.69) is 0 Å². The predicted molar refractivity (Wildman–Crippen MR) is 69.1 cm³/mol. The Balaban J connectivity index is 2.52. The minimum absolute atomic E-state index is 0.0535. The van der Waals surface area contributed by atoms with Gasteiger partial charge in [0.05, 0.1) is 24.7 Å². The fraction of sp³-hybridized carbons (Fsp3) is 0.923. The van der Waals surface area contributed by atoms with E-state index < -0.39 is 6.10 Å². The van der Waals surface area contributed by atoms with E-state index in [9.17, 15) is 4.79 Å². The summed E-state index contributed by atoms with van der Waals surface area (Å²) in [6.07, 6.45) is 0.0690. The van der Waals surface area contributed by atoms with Gasteiger partial charge in [-0.3, -0.25) is 15.2 Å². The van der Waals surface area contributed by atoms with Crippen molar-refractivity contribution in [1.82, 2.24) is 5.39 Å². The molecule has 0 bridgehead atoms. The van der Waals surface area contributed by atoms with Crippen molar-refractivity contribution in [1.29, 1.82) is 0 Å². The molecule has 2 N–H and O–H groups in total. The lowest BCUT2D eigenvalue weighted by molar-refractivity contribution is -0.508. The second kappa shape index (κ2) is 8.66. The SMILES string of the molecule is CCOCCO[C@@H]1CC(C(=O)C(C)C)C[C@H]1ON(O)O. The molecule has 0 aromatic carbocycles. The highest BCUT2D eigenvalue weighted by Gasteiger charge is 2.41. The van der Waals surface area contributed by atoms with Crippen LogP contribution in [0.1, 0.15) is 33.6 Å². The molecular weight excluding hydrogens is 266 g/mol. The topological polar surface area (TPSA) is 88.5 Å². The summed E-state index contributed by atoms with van der Waals surface area (Å²) in [6, 6.07) is 0. The van der Waals surface area contributed by atoms with Crippen LogP contribution in [-0.4, -0.2) is 53.6 Å². The normalized spacial score (nSPS) is 26.6. The number of hydrogen-bond acceptors (Lipinski definition) is 7. The molecule has 0 heterocycles. The van der Waals surface area contributed by atoms with Crippen molar-refractivity contribution < 1.29 is 29.5 Å². The quantitative estimate of drug-likeness (QED) is 0.490. The second-order valence-electron chi connectivity index (χ2n) is 5.23. The molecule has 0 radical (unpaired) electrons. The highest BCUT2D eigenvalue weighted by molar-refractivity contribution is 5.83. The maximum absolute atomic E-state index is 12.0. The van der Waals surface area contributed by atoms with Gasteiger partial charge in [0.25, 0.3) is 0 Å². The summed E-state index contributed by atoms with van der Waals surface area (Å²) in [5, 5.41) is 17.2. The molecule has 1 aliphatic carbocycles. The highest BCUT2D eigenvalue weighted by Crippen LogP contribution is 2.33. The van der Waals surface area contributed by atoms with Gasteiger partial charge in [-0.15, -0.1) is 0 Å². The molecule has 20 heavy (non-hydrogen) atoms. The minimum Gasteiger partial charge on any atom is -0.379 e. The standard InChI is InChI=1S/C13H25NO6/c1-4-18-5-6-19-11-7-10(13(15)9(2)3)8-12(11)20-14(16)17/h9-12,16-17H,4-8H2,1-3H3/t10?,11-,12-/m1/s1. The summed E-state index contributed by atoms with van der Waals surface area (Å²) in [7, 11) is 0. The first-order valence-corrected chi connectivity index (χ1v) is 7.03. The van der Waals surface area contributed by atoms with Crippen molar-refractivity contribution in [3.8, 4) is 0 Å². The Kier molecular flexibility index (Phi) is 7.57. The molecule has 1 rings (SSSR count). The lowest BCUT2D eigenvalue weighted by Crippen LogP contribution is -2.32. The van der Waals surface area contributed by atoms with E-state index in [1.807, 2.05) is 20.8 Å². The smallest absolute Gasteiger partial charge is 0.138 e. The Labute approximate surface area is 119 Å². The number of rotatable bonds is 9. The zero-order valence-electron chi connectivity index (χ0n) is 12.3. The molecule has 0 aliphatic heterocycles. The van der Waals surface area contributed by atoms with Crippen molar-refractivity contribution in [2.75, 3.05) is 19.8 Å². The first kappa shape index (κ1) is 17.5. The van der Waals surface area contributed by atoms with Gasteiger partial charge in [0.2, 0.25) is 0 Å². The van der Waals surface area contributed by atoms with Gasteiger partial charge in [-0.05, 0) is 19.8 Å². The average molecular weight is 291 g/mol. The molecule has 7 nitrogen and oxygen atoms in total. The molecule has 1 unspecified atom stereocenters. The molecule has 118 valence electrons. The summed E-state index contributed by atoms with van der Waals surface area (Å²) >= 11 is 0. The lowest BCUT2D eigenvalue weighted by atomic mass is 9.94. The van der Waals surface area contributed by atoms with Crippen molar-refractivity contribution in [2.45, 2.75) is 45.8 Å². The molecule has 1 saturated carbocycles. The zero-order chi connectivity index (χ0) is 15.1. The van der Waals surface area contributed by atoms with E-state index in [1.165, 1.54) is 0 Å².